The summed E-state index contributed by atoms with van der Waals surface area (Å²) in [5.74, 6) is -0.930. The van der Waals surface area contributed by atoms with Gasteiger partial charge < -0.3 is 10.0 Å². The number of halogens is 1. The fourth-order valence-corrected chi connectivity index (χ4v) is 2.10. The lowest BCUT2D eigenvalue weighted by Gasteiger charge is -2.21. The fraction of sp³-hybridized carbons (Fsp3) is 0.0714. The summed E-state index contributed by atoms with van der Waals surface area (Å²) >= 11 is 3.37. The fourth-order valence-electron chi connectivity index (χ4n) is 1.75. The van der Waals surface area contributed by atoms with E-state index in [1.54, 1.807) is 18.2 Å². The van der Waals surface area contributed by atoms with Crippen LogP contribution in [0, 0.1) is 0 Å². The minimum absolute atomic E-state index is 0.282. The van der Waals surface area contributed by atoms with E-state index in [9.17, 15) is 9.90 Å². The minimum Gasteiger partial charge on any atom is -0.478 e. The first-order chi connectivity index (χ1) is 8.59. The summed E-state index contributed by atoms with van der Waals surface area (Å²) in [5.41, 5.74) is 1.88. The van der Waals surface area contributed by atoms with E-state index in [1.807, 2.05) is 42.3 Å². The van der Waals surface area contributed by atoms with E-state index in [0.717, 1.165) is 10.2 Å². The van der Waals surface area contributed by atoms with Gasteiger partial charge in [-0.1, -0.05) is 34.1 Å². The maximum atomic E-state index is 11.2. The number of carbonyl (C=O) groups is 1. The Morgan fingerprint density at radius 1 is 1.17 bits per heavy atom. The number of benzene rings is 2. The highest BCUT2D eigenvalue weighted by molar-refractivity contribution is 9.10. The van der Waals surface area contributed by atoms with Gasteiger partial charge in [0.05, 0.1) is 11.3 Å². The molecule has 92 valence electrons. The Morgan fingerprint density at radius 3 is 2.44 bits per heavy atom. The molecule has 2 aromatic rings. The molecule has 0 fully saturated rings. The number of anilines is 2. The highest BCUT2D eigenvalue weighted by Gasteiger charge is 2.14. The van der Waals surface area contributed by atoms with Crippen molar-refractivity contribution in [1.82, 2.24) is 0 Å². The van der Waals surface area contributed by atoms with E-state index < -0.39 is 5.97 Å². The van der Waals surface area contributed by atoms with Gasteiger partial charge >= 0.3 is 5.97 Å². The number of hydrogen-bond donors (Lipinski definition) is 1. The lowest BCUT2D eigenvalue weighted by Crippen LogP contribution is -2.13. The molecular weight excluding hydrogens is 294 g/mol. The van der Waals surface area contributed by atoms with Gasteiger partial charge in [-0.15, -0.1) is 0 Å². The summed E-state index contributed by atoms with van der Waals surface area (Å²) in [7, 11) is 1.85. The van der Waals surface area contributed by atoms with E-state index >= 15 is 0 Å². The van der Waals surface area contributed by atoms with Crippen LogP contribution in [0.5, 0.6) is 0 Å². The Kier molecular flexibility index (Phi) is 3.67. The van der Waals surface area contributed by atoms with E-state index in [4.69, 9.17) is 0 Å². The van der Waals surface area contributed by atoms with Gasteiger partial charge in [0, 0.05) is 17.2 Å². The van der Waals surface area contributed by atoms with Crippen LogP contribution in [0.25, 0.3) is 0 Å². The summed E-state index contributed by atoms with van der Waals surface area (Å²) in [6.45, 7) is 0. The van der Waals surface area contributed by atoms with Gasteiger partial charge in [-0.05, 0) is 30.3 Å². The number of hydrogen-bond acceptors (Lipinski definition) is 2. The van der Waals surface area contributed by atoms with Crippen molar-refractivity contribution in [3.63, 3.8) is 0 Å². The van der Waals surface area contributed by atoms with Crippen LogP contribution in [0.15, 0.2) is 53.0 Å². The molecule has 0 amide bonds. The molecule has 2 rings (SSSR count). The molecule has 0 heterocycles. The van der Waals surface area contributed by atoms with E-state index in [0.29, 0.717) is 5.69 Å². The Morgan fingerprint density at radius 2 is 1.83 bits per heavy atom. The maximum absolute atomic E-state index is 11.2. The number of para-hydroxylation sites is 1. The zero-order valence-corrected chi connectivity index (χ0v) is 11.4. The van der Waals surface area contributed by atoms with Crippen molar-refractivity contribution in [2.45, 2.75) is 0 Å². The summed E-state index contributed by atoms with van der Waals surface area (Å²) in [6.07, 6.45) is 0. The van der Waals surface area contributed by atoms with Crippen LogP contribution in [0.4, 0.5) is 11.4 Å². The standard InChI is InChI=1S/C14H12BrNO2/c1-16(11-5-3-2-4-6-11)13-9-10(15)7-8-12(13)14(17)18/h2-9H,1H3,(H,17,18). The first-order valence-electron chi connectivity index (χ1n) is 5.41. The van der Waals surface area contributed by atoms with E-state index in [1.165, 1.54) is 0 Å². The molecule has 18 heavy (non-hydrogen) atoms. The average molecular weight is 306 g/mol. The summed E-state index contributed by atoms with van der Waals surface area (Å²) in [5, 5.41) is 9.21. The molecule has 2 aromatic carbocycles. The molecule has 0 atom stereocenters. The molecule has 0 bridgehead atoms. The Labute approximate surface area is 114 Å². The van der Waals surface area contributed by atoms with Gasteiger partial charge in [0.15, 0.2) is 0 Å². The van der Waals surface area contributed by atoms with Crippen molar-refractivity contribution >= 4 is 33.3 Å². The van der Waals surface area contributed by atoms with Crippen molar-refractivity contribution in [3.05, 3.63) is 58.6 Å². The SMILES string of the molecule is CN(c1ccccc1)c1cc(Br)ccc1C(=O)O. The van der Waals surface area contributed by atoms with Gasteiger partial charge in [-0.2, -0.15) is 0 Å². The van der Waals surface area contributed by atoms with Gasteiger partial charge in [-0.25, -0.2) is 4.79 Å². The molecule has 0 aliphatic heterocycles. The molecule has 1 N–H and O–H groups in total. The highest BCUT2D eigenvalue weighted by Crippen LogP contribution is 2.29. The summed E-state index contributed by atoms with van der Waals surface area (Å²) < 4.78 is 0.852. The number of rotatable bonds is 3. The van der Waals surface area contributed by atoms with E-state index in [2.05, 4.69) is 15.9 Å². The van der Waals surface area contributed by atoms with Crippen LogP contribution in [0.3, 0.4) is 0 Å². The second kappa shape index (κ2) is 5.23. The normalized spacial score (nSPS) is 10.1. The summed E-state index contributed by atoms with van der Waals surface area (Å²) in [4.78, 5) is 13.1. The zero-order valence-electron chi connectivity index (χ0n) is 9.80. The predicted octanol–water partition coefficient (Wildman–Crippen LogP) is 3.92. The molecular formula is C14H12BrNO2. The van der Waals surface area contributed by atoms with Crippen molar-refractivity contribution in [2.75, 3.05) is 11.9 Å². The van der Waals surface area contributed by atoms with E-state index in [-0.39, 0.29) is 5.56 Å². The average Bonchev–Trinajstić information content (AvgIpc) is 2.38. The predicted molar refractivity (Wildman–Crippen MR) is 75.6 cm³/mol. The van der Waals surface area contributed by atoms with Crippen LogP contribution < -0.4 is 4.90 Å². The van der Waals surface area contributed by atoms with Gasteiger partial charge in [0.1, 0.15) is 0 Å². The molecule has 0 unspecified atom stereocenters. The molecule has 3 nitrogen and oxygen atoms in total. The lowest BCUT2D eigenvalue weighted by molar-refractivity contribution is 0.0697. The molecule has 0 saturated carbocycles. The van der Waals surface area contributed by atoms with Gasteiger partial charge in [0.2, 0.25) is 0 Å². The second-order valence-electron chi connectivity index (χ2n) is 3.86. The third-order valence-corrected chi connectivity index (χ3v) is 3.19. The quantitative estimate of drug-likeness (QED) is 0.934. The first kappa shape index (κ1) is 12.6. The molecule has 4 heteroatoms. The van der Waals surface area contributed by atoms with Gasteiger partial charge in [-0.3, -0.25) is 0 Å². The Balaban J connectivity index is 2.50. The van der Waals surface area contributed by atoms with Crippen molar-refractivity contribution in [2.24, 2.45) is 0 Å². The molecule has 0 saturated heterocycles. The highest BCUT2D eigenvalue weighted by atomic mass is 79.9. The third kappa shape index (κ3) is 2.54. The van der Waals surface area contributed by atoms with Crippen LogP contribution in [-0.4, -0.2) is 18.1 Å². The monoisotopic (exact) mass is 305 g/mol. The van der Waals surface area contributed by atoms with Crippen molar-refractivity contribution < 1.29 is 9.90 Å². The van der Waals surface area contributed by atoms with Crippen LogP contribution in [0.1, 0.15) is 10.4 Å². The van der Waals surface area contributed by atoms with Crippen molar-refractivity contribution in [3.8, 4) is 0 Å². The zero-order chi connectivity index (χ0) is 13.1. The Hall–Kier alpha value is -1.81. The first-order valence-corrected chi connectivity index (χ1v) is 6.20. The topological polar surface area (TPSA) is 40.5 Å². The second-order valence-corrected chi connectivity index (χ2v) is 4.78. The van der Waals surface area contributed by atoms with Gasteiger partial charge in [0.25, 0.3) is 0 Å². The van der Waals surface area contributed by atoms with Crippen LogP contribution in [-0.2, 0) is 0 Å². The molecule has 0 spiro atoms. The number of nitrogens with zero attached hydrogens (tertiary/aromatic N) is 1. The lowest BCUT2D eigenvalue weighted by atomic mass is 10.1. The number of aromatic carboxylic acids is 1. The molecule has 0 aromatic heterocycles. The Bertz CT molecular complexity index is 569. The smallest absolute Gasteiger partial charge is 0.337 e. The third-order valence-electron chi connectivity index (χ3n) is 2.70. The van der Waals surface area contributed by atoms with Crippen LogP contribution in [0.2, 0.25) is 0 Å². The molecule has 0 aliphatic carbocycles. The maximum Gasteiger partial charge on any atom is 0.337 e. The number of carboxylic acids is 1. The minimum atomic E-state index is -0.930. The molecule has 0 radical (unpaired) electrons. The summed E-state index contributed by atoms with van der Waals surface area (Å²) in [6, 6.07) is 14.8. The van der Waals surface area contributed by atoms with Crippen molar-refractivity contribution in [1.29, 1.82) is 0 Å². The largest absolute Gasteiger partial charge is 0.478 e. The molecule has 0 aliphatic rings. The number of carboxylic acid groups (broad SMARTS) is 1. The van der Waals surface area contributed by atoms with Crippen LogP contribution >= 0.6 is 15.9 Å².